The number of benzene rings is 1. The first-order chi connectivity index (χ1) is 10.2. The van der Waals surface area contributed by atoms with Gasteiger partial charge in [0.25, 0.3) is 0 Å². The lowest BCUT2D eigenvalue weighted by Crippen LogP contribution is -2.44. The van der Waals surface area contributed by atoms with Gasteiger partial charge < -0.3 is 0 Å². The van der Waals surface area contributed by atoms with E-state index in [4.69, 9.17) is 15.7 Å². The Morgan fingerprint density at radius 1 is 0.739 bits per heavy atom. The molecule has 0 spiro atoms. The summed E-state index contributed by atoms with van der Waals surface area (Å²) < 4.78 is 0. The van der Waals surface area contributed by atoms with Crippen LogP contribution in [0, 0.1) is 25.6 Å². The molecule has 0 unspecified atom stereocenters. The molecular weight excluding hydrogens is 294 g/mol. The molecule has 1 aromatic rings. The van der Waals surface area contributed by atoms with Crippen molar-refractivity contribution in [2.45, 2.75) is 52.4 Å². The van der Waals surface area contributed by atoms with E-state index in [-0.39, 0.29) is 10.9 Å². The lowest BCUT2D eigenvalue weighted by molar-refractivity contribution is -0.422. The number of hydrogen-bond donors (Lipinski definition) is 0. The summed E-state index contributed by atoms with van der Waals surface area (Å²) in [6.07, 6.45) is 0. The molecule has 0 atom stereocenters. The van der Waals surface area contributed by atoms with Crippen LogP contribution in [0.1, 0.15) is 52.7 Å². The van der Waals surface area contributed by atoms with E-state index in [1.165, 1.54) is 0 Å². The van der Waals surface area contributed by atoms with Crippen molar-refractivity contribution in [3.05, 3.63) is 31.4 Å². The molecule has 1 aromatic carbocycles. The normalized spacial score (nSPS) is 20.1. The van der Waals surface area contributed by atoms with Crippen LogP contribution in [0.3, 0.4) is 0 Å². The first kappa shape index (κ1) is 17.5. The van der Waals surface area contributed by atoms with Crippen LogP contribution in [0.4, 0.5) is 11.4 Å². The van der Waals surface area contributed by atoms with Gasteiger partial charge >= 0.3 is 11.4 Å². The number of rotatable bonds is 2. The Morgan fingerprint density at radius 3 is 1.52 bits per heavy atom. The number of hydrogen-bond acceptors (Lipinski definition) is 4. The van der Waals surface area contributed by atoms with Crippen molar-refractivity contribution < 1.29 is 9.85 Å². The quantitative estimate of drug-likeness (QED) is 0.472. The van der Waals surface area contributed by atoms with Crippen LogP contribution in [0.5, 0.6) is 0 Å². The lowest BCUT2D eigenvalue weighted by Gasteiger charge is -2.44. The van der Waals surface area contributed by atoms with E-state index in [9.17, 15) is 20.2 Å². The highest BCUT2D eigenvalue weighted by atomic mass is 16.6. The molecule has 0 saturated carbocycles. The summed E-state index contributed by atoms with van der Waals surface area (Å²) >= 11 is 0. The van der Waals surface area contributed by atoms with Gasteiger partial charge in [-0.15, -0.1) is 0 Å². The summed E-state index contributed by atoms with van der Waals surface area (Å²) in [6.45, 7) is 11.5. The van der Waals surface area contributed by atoms with Crippen molar-refractivity contribution in [2.24, 2.45) is 5.41 Å². The van der Waals surface area contributed by atoms with E-state index in [0.29, 0.717) is 11.1 Å². The molecule has 1 aliphatic rings. The minimum absolute atomic E-state index is 0.0703. The summed E-state index contributed by atoms with van der Waals surface area (Å²) in [5.74, 6) is 0. The summed E-state index contributed by atoms with van der Waals surface area (Å²) in [5, 5.41) is 23.1. The zero-order chi connectivity index (χ0) is 18.1. The summed E-state index contributed by atoms with van der Waals surface area (Å²) in [6, 6.07) is 0. The third-order valence-corrected chi connectivity index (χ3v) is 6.27. The van der Waals surface area contributed by atoms with Crippen molar-refractivity contribution in [2.75, 3.05) is 0 Å². The monoisotopic (exact) mass is 312 g/mol. The van der Waals surface area contributed by atoms with Crippen molar-refractivity contribution in [3.63, 3.8) is 0 Å². The van der Waals surface area contributed by atoms with Gasteiger partial charge in [0.1, 0.15) is 15.7 Å². The second-order valence-electron chi connectivity index (χ2n) is 7.66. The average molecular weight is 312 g/mol. The summed E-state index contributed by atoms with van der Waals surface area (Å²) in [7, 11) is 11.9. The average Bonchev–Trinajstić information content (AvgIpc) is 2.48. The van der Waals surface area contributed by atoms with Gasteiger partial charge in [-0.3, -0.25) is 20.2 Å². The van der Waals surface area contributed by atoms with Crippen LogP contribution in [-0.2, 0) is 10.8 Å². The van der Waals surface area contributed by atoms with E-state index < -0.39 is 37.5 Å². The molecule has 0 saturated heterocycles. The van der Waals surface area contributed by atoms with Gasteiger partial charge in [-0.05, 0) is 21.9 Å². The van der Waals surface area contributed by atoms with E-state index in [0.717, 1.165) is 0 Å². The molecule has 118 valence electrons. The number of nitro groups is 2. The Kier molecular flexibility index (Phi) is 3.49. The molecular formula is C15H18B2N2O4. The lowest BCUT2D eigenvalue weighted by atomic mass is 9.58. The fourth-order valence-electron chi connectivity index (χ4n) is 3.79. The van der Waals surface area contributed by atoms with Crippen LogP contribution < -0.4 is 10.9 Å². The molecule has 0 bridgehead atoms. The Balaban J connectivity index is 3.17. The Labute approximate surface area is 137 Å². The molecule has 0 amide bonds. The molecule has 8 heteroatoms. The first-order valence-corrected chi connectivity index (χ1v) is 7.25. The molecule has 1 aliphatic carbocycles. The maximum Gasteiger partial charge on any atom is 0.349 e. The van der Waals surface area contributed by atoms with Gasteiger partial charge in [0, 0.05) is 11.0 Å². The Bertz CT molecular complexity index is 755. The Hall–Kier alpha value is -1.85. The predicted octanol–water partition coefficient (Wildman–Crippen LogP) is 1.69. The fraction of sp³-hybridized carbons (Fsp3) is 0.600. The molecule has 0 aromatic heterocycles. The molecule has 0 heterocycles. The van der Waals surface area contributed by atoms with Crippen LogP contribution in [0.25, 0.3) is 0 Å². The minimum atomic E-state index is -0.821. The van der Waals surface area contributed by atoms with Crippen LogP contribution in [-0.4, -0.2) is 25.5 Å². The highest BCUT2D eigenvalue weighted by Crippen LogP contribution is 2.63. The van der Waals surface area contributed by atoms with Crippen molar-refractivity contribution >= 4 is 38.0 Å². The first-order valence-electron chi connectivity index (χ1n) is 7.25. The largest absolute Gasteiger partial charge is 0.349 e. The molecule has 23 heavy (non-hydrogen) atoms. The third kappa shape index (κ3) is 1.83. The van der Waals surface area contributed by atoms with E-state index in [1.54, 1.807) is 0 Å². The van der Waals surface area contributed by atoms with Crippen molar-refractivity contribution in [3.8, 4) is 0 Å². The van der Waals surface area contributed by atoms with Crippen molar-refractivity contribution in [1.82, 2.24) is 0 Å². The molecule has 0 N–H and O–H groups in total. The van der Waals surface area contributed by atoms with E-state index >= 15 is 0 Å². The topological polar surface area (TPSA) is 86.3 Å². The van der Waals surface area contributed by atoms with Gasteiger partial charge in [0.15, 0.2) is 0 Å². The number of fused-ring (bicyclic) bond motifs is 1. The predicted molar refractivity (Wildman–Crippen MR) is 90.4 cm³/mol. The van der Waals surface area contributed by atoms with Crippen molar-refractivity contribution in [1.29, 1.82) is 0 Å². The number of nitrogens with zero attached hydrogens (tertiary/aromatic N) is 2. The summed E-state index contributed by atoms with van der Waals surface area (Å²) in [5.41, 5.74) is -2.32. The molecule has 0 fully saturated rings. The zero-order valence-corrected chi connectivity index (χ0v) is 14.2. The van der Waals surface area contributed by atoms with E-state index in [2.05, 4.69) is 0 Å². The minimum Gasteiger partial charge on any atom is -0.258 e. The molecule has 2 rings (SSSR count). The maximum atomic E-state index is 11.7. The van der Waals surface area contributed by atoms with Gasteiger partial charge in [-0.1, -0.05) is 47.0 Å². The SMILES string of the molecule is [B]c1c([B])c2c(c([N+](=O)[O-])c1[N+](=O)[O-])C(C)(C)C(C)(C)C2(C)C. The van der Waals surface area contributed by atoms with Gasteiger partial charge in [0.2, 0.25) is 0 Å². The van der Waals surface area contributed by atoms with Crippen LogP contribution >= 0.6 is 0 Å². The van der Waals surface area contributed by atoms with Crippen LogP contribution in [0.2, 0.25) is 0 Å². The van der Waals surface area contributed by atoms with Gasteiger partial charge in [-0.25, -0.2) is 0 Å². The van der Waals surface area contributed by atoms with Gasteiger partial charge in [0.05, 0.1) is 9.85 Å². The highest BCUT2D eigenvalue weighted by Gasteiger charge is 2.61. The number of nitro benzene ring substituents is 2. The fourth-order valence-corrected chi connectivity index (χ4v) is 3.79. The molecule has 4 radical (unpaired) electrons. The molecule has 0 aliphatic heterocycles. The smallest absolute Gasteiger partial charge is 0.258 e. The van der Waals surface area contributed by atoms with Gasteiger partial charge in [-0.2, -0.15) is 0 Å². The Morgan fingerprint density at radius 2 is 1.13 bits per heavy atom. The van der Waals surface area contributed by atoms with Crippen LogP contribution in [0.15, 0.2) is 0 Å². The van der Waals surface area contributed by atoms with E-state index in [1.807, 2.05) is 41.5 Å². The highest BCUT2D eigenvalue weighted by molar-refractivity contribution is 6.51. The summed E-state index contributed by atoms with van der Waals surface area (Å²) in [4.78, 5) is 21.5. The maximum absolute atomic E-state index is 11.7. The second kappa shape index (κ2) is 4.58. The third-order valence-electron chi connectivity index (χ3n) is 6.27. The second-order valence-corrected chi connectivity index (χ2v) is 7.66. The standard InChI is InChI=1S/C15H18B2N2O4/c1-13(2)7-8(14(3,4)15(13,5)6)11(18(20)21)12(19(22)23)10(17)9(7)16/h1-6H3. The zero-order valence-electron chi connectivity index (χ0n) is 14.2. The molecule has 6 nitrogen and oxygen atoms in total.